The maximum Gasteiger partial charge on any atom is 0.213 e. The van der Waals surface area contributed by atoms with E-state index in [-0.39, 0.29) is 5.96 Å². The third kappa shape index (κ3) is 2.31. The first-order chi connectivity index (χ1) is 7.07. The number of thiazole rings is 1. The van der Waals surface area contributed by atoms with Crippen molar-refractivity contribution >= 4 is 23.6 Å². The van der Waals surface area contributed by atoms with Gasteiger partial charge in [-0.15, -0.1) is 11.3 Å². The van der Waals surface area contributed by atoms with E-state index >= 15 is 0 Å². The Morgan fingerprint density at radius 3 is 3.00 bits per heavy atom. The second-order valence-corrected chi connectivity index (χ2v) is 4.28. The smallest absolute Gasteiger partial charge is 0.213 e. The van der Waals surface area contributed by atoms with Gasteiger partial charge in [-0.1, -0.05) is 0 Å². The van der Waals surface area contributed by atoms with Crippen molar-refractivity contribution in [2.24, 2.45) is 21.5 Å². The van der Waals surface area contributed by atoms with E-state index in [1.54, 1.807) is 11.3 Å². The topological polar surface area (TPSA) is 102 Å². The predicted molar refractivity (Wildman–Crippen MR) is 60.7 cm³/mol. The highest BCUT2D eigenvalue weighted by molar-refractivity contribution is 7.09. The largest absolute Gasteiger partial charge is 0.370 e. The van der Waals surface area contributed by atoms with Crippen LogP contribution in [-0.2, 0) is 6.42 Å². The van der Waals surface area contributed by atoms with Crippen molar-refractivity contribution in [3.8, 4) is 0 Å². The van der Waals surface area contributed by atoms with E-state index in [2.05, 4.69) is 20.3 Å². The molecule has 6 nitrogen and oxygen atoms in total. The Labute approximate surface area is 91.1 Å². The minimum Gasteiger partial charge on any atom is -0.370 e. The summed E-state index contributed by atoms with van der Waals surface area (Å²) in [5, 5.41) is 5.54. The van der Waals surface area contributed by atoms with Gasteiger partial charge in [0.05, 0.1) is 17.8 Å². The van der Waals surface area contributed by atoms with Crippen LogP contribution in [-0.4, -0.2) is 23.1 Å². The van der Waals surface area contributed by atoms with Crippen molar-refractivity contribution in [3.63, 3.8) is 0 Å². The van der Waals surface area contributed by atoms with E-state index in [0.717, 1.165) is 10.7 Å². The number of rotatable bonds is 2. The third-order valence-electron chi connectivity index (χ3n) is 1.89. The molecular weight excluding hydrogens is 212 g/mol. The van der Waals surface area contributed by atoms with E-state index in [4.69, 9.17) is 11.5 Å². The van der Waals surface area contributed by atoms with Gasteiger partial charge in [-0.3, -0.25) is 5.73 Å². The lowest BCUT2D eigenvalue weighted by atomic mass is 10.2. The molecule has 7 heteroatoms. The van der Waals surface area contributed by atoms with Gasteiger partial charge in [0.2, 0.25) is 5.79 Å². The third-order valence-corrected chi connectivity index (χ3v) is 2.86. The Morgan fingerprint density at radius 2 is 2.40 bits per heavy atom. The number of nitrogens with zero attached hydrogens (tertiary/aromatic N) is 3. The molecule has 1 aromatic heterocycles. The Balaban J connectivity index is 2.17. The molecule has 0 aromatic carbocycles. The van der Waals surface area contributed by atoms with Crippen molar-refractivity contribution in [3.05, 3.63) is 16.1 Å². The number of hydrogen-bond acceptors (Lipinski definition) is 7. The van der Waals surface area contributed by atoms with Crippen LogP contribution < -0.4 is 16.8 Å². The minimum atomic E-state index is -1.01. The summed E-state index contributed by atoms with van der Waals surface area (Å²) >= 11 is 1.55. The van der Waals surface area contributed by atoms with Gasteiger partial charge in [0.25, 0.3) is 0 Å². The second kappa shape index (κ2) is 3.59. The van der Waals surface area contributed by atoms with E-state index in [0.29, 0.717) is 6.42 Å². The van der Waals surface area contributed by atoms with Crippen LogP contribution in [0.5, 0.6) is 0 Å². The number of aliphatic imine (C=N–C) groups is 2. The summed E-state index contributed by atoms with van der Waals surface area (Å²) in [4.78, 5) is 12.4. The quantitative estimate of drug-likeness (QED) is 0.633. The normalized spacial score (nSPS) is 24.8. The molecule has 0 saturated heterocycles. The molecule has 1 unspecified atom stereocenters. The number of nitrogens with two attached hydrogens (primary N) is 2. The van der Waals surface area contributed by atoms with E-state index in [1.807, 2.05) is 12.3 Å². The molecule has 0 bridgehead atoms. The molecule has 5 N–H and O–H groups in total. The summed E-state index contributed by atoms with van der Waals surface area (Å²) in [5.41, 5.74) is 12.5. The van der Waals surface area contributed by atoms with Crippen molar-refractivity contribution < 1.29 is 0 Å². The van der Waals surface area contributed by atoms with Gasteiger partial charge < -0.3 is 11.1 Å². The van der Waals surface area contributed by atoms with Crippen molar-refractivity contribution in [1.82, 2.24) is 10.3 Å². The average Bonchev–Trinajstić information content (AvgIpc) is 2.49. The molecule has 1 atom stereocenters. The minimum absolute atomic E-state index is 0.278. The molecule has 0 radical (unpaired) electrons. The van der Waals surface area contributed by atoms with Gasteiger partial charge in [0.15, 0.2) is 5.96 Å². The van der Waals surface area contributed by atoms with Crippen LogP contribution in [0.4, 0.5) is 0 Å². The monoisotopic (exact) mass is 224 g/mol. The molecule has 0 aliphatic carbocycles. The fourth-order valence-corrected chi connectivity index (χ4v) is 2.12. The molecule has 0 saturated carbocycles. The fraction of sp³-hybridized carbons (Fsp3) is 0.375. The zero-order valence-electron chi connectivity index (χ0n) is 8.27. The number of hydrogen-bond donors (Lipinski definition) is 3. The summed E-state index contributed by atoms with van der Waals surface area (Å²) in [5.74, 6) is -0.736. The molecule has 15 heavy (non-hydrogen) atoms. The second-order valence-electron chi connectivity index (χ2n) is 3.34. The lowest BCUT2D eigenvalue weighted by molar-refractivity contribution is 0.459. The Kier molecular flexibility index (Phi) is 2.41. The molecular formula is C8H12N6S. The van der Waals surface area contributed by atoms with Gasteiger partial charge in [-0.2, -0.15) is 0 Å². The molecule has 0 spiro atoms. The van der Waals surface area contributed by atoms with Crippen molar-refractivity contribution in [2.45, 2.75) is 19.1 Å². The first kappa shape index (κ1) is 10.1. The van der Waals surface area contributed by atoms with E-state index in [1.165, 1.54) is 6.34 Å². The zero-order chi connectivity index (χ0) is 10.9. The van der Waals surface area contributed by atoms with Gasteiger partial charge in [0, 0.05) is 11.1 Å². The maximum absolute atomic E-state index is 5.95. The molecule has 0 fully saturated rings. The first-order valence-corrected chi connectivity index (χ1v) is 5.31. The summed E-state index contributed by atoms with van der Waals surface area (Å²) in [6.07, 6.45) is 1.92. The maximum atomic E-state index is 5.95. The lowest BCUT2D eigenvalue weighted by Crippen LogP contribution is -2.47. The van der Waals surface area contributed by atoms with Gasteiger partial charge in [0.1, 0.15) is 0 Å². The average molecular weight is 224 g/mol. The van der Waals surface area contributed by atoms with Crippen LogP contribution in [0.15, 0.2) is 15.4 Å². The molecule has 2 rings (SSSR count). The van der Waals surface area contributed by atoms with Crippen LogP contribution in [0.3, 0.4) is 0 Å². The van der Waals surface area contributed by atoms with Crippen LogP contribution in [0.25, 0.3) is 0 Å². The van der Waals surface area contributed by atoms with Crippen LogP contribution in [0.2, 0.25) is 0 Å². The highest BCUT2D eigenvalue weighted by Crippen LogP contribution is 2.18. The number of nitrogens with one attached hydrogen (secondary N) is 1. The van der Waals surface area contributed by atoms with Crippen LogP contribution in [0.1, 0.15) is 10.7 Å². The predicted octanol–water partition coefficient (Wildman–Crippen LogP) is -0.447. The van der Waals surface area contributed by atoms with Gasteiger partial charge >= 0.3 is 0 Å². The highest BCUT2D eigenvalue weighted by Gasteiger charge is 2.26. The van der Waals surface area contributed by atoms with E-state index < -0.39 is 5.79 Å². The number of guanidine groups is 1. The zero-order valence-corrected chi connectivity index (χ0v) is 9.08. The summed E-state index contributed by atoms with van der Waals surface area (Å²) in [7, 11) is 0. The molecule has 0 amide bonds. The lowest BCUT2D eigenvalue weighted by Gasteiger charge is -2.22. The number of aromatic nitrogens is 1. The Bertz CT molecular complexity index is 423. The van der Waals surface area contributed by atoms with E-state index in [9.17, 15) is 0 Å². The molecule has 1 aliphatic heterocycles. The summed E-state index contributed by atoms with van der Waals surface area (Å²) in [6, 6.07) is 0. The first-order valence-electron chi connectivity index (χ1n) is 4.43. The molecule has 2 heterocycles. The van der Waals surface area contributed by atoms with Crippen LogP contribution in [0, 0.1) is 6.92 Å². The molecule has 1 aromatic rings. The number of aryl methyl sites for hydroxylation is 1. The van der Waals surface area contributed by atoms with Gasteiger partial charge in [-0.25, -0.2) is 15.0 Å². The van der Waals surface area contributed by atoms with Crippen LogP contribution >= 0.6 is 11.3 Å². The fourth-order valence-electron chi connectivity index (χ4n) is 1.27. The standard InChI is InChI=1S/C8H12N6S/c1-5-3-15-6(13-5)2-8(10)12-4-11-7(9)14-8/h3-4H,2,10H2,1H3,(H3,9,11,12,14). The van der Waals surface area contributed by atoms with Crippen molar-refractivity contribution in [1.29, 1.82) is 0 Å². The van der Waals surface area contributed by atoms with Crippen molar-refractivity contribution in [2.75, 3.05) is 0 Å². The molecule has 80 valence electrons. The Hall–Kier alpha value is -1.47. The highest BCUT2D eigenvalue weighted by atomic mass is 32.1. The summed E-state index contributed by atoms with van der Waals surface area (Å²) < 4.78 is 0. The molecule has 1 aliphatic rings. The Morgan fingerprint density at radius 1 is 1.60 bits per heavy atom. The summed E-state index contributed by atoms with van der Waals surface area (Å²) in [6.45, 7) is 1.94. The SMILES string of the molecule is Cc1csc(CC2(N)N=CNC(N)=N2)n1. The van der Waals surface area contributed by atoms with Gasteiger partial charge in [-0.05, 0) is 6.92 Å².